The molecule has 1 aromatic carbocycles. The van der Waals surface area contributed by atoms with Gasteiger partial charge in [0.1, 0.15) is 0 Å². The first kappa shape index (κ1) is 10.8. The van der Waals surface area contributed by atoms with E-state index in [-0.39, 0.29) is 5.78 Å². The van der Waals surface area contributed by atoms with Gasteiger partial charge in [-0.2, -0.15) is 0 Å². The molecule has 1 nitrogen and oxygen atoms in total. The number of carbonyl (C=O) groups is 1. The molecule has 0 unspecified atom stereocenters. The summed E-state index contributed by atoms with van der Waals surface area (Å²) in [6.45, 7) is 2.07. The fourth-order valence-electron chi connectivity index (χ4n) is 1.79. The van der Waals surface area contributed by atoms with Gasteiger partial charge < -0.3 is 0 Å². The summed E-state index contributed by atoms with van der Waals surface area (Å²) in [5.41, 5.74) is 2.06. The summed E-state index contributed by atoms with van der Waals surface area (Å²) < 4.78 is 0. The summed E-state index contributed by atoms with van der Waals surface area (Å²) in [6.07, 6.45) is 2.01. The third-order valence-electron chi connectivity index (χ3n) is 2.74. The lowest BCUT2D eigenvalue weighted by Gasteiger charge is -1.94. The van der Waals surface area contributed by atoms with Crippen molar-refractivity contribution in [2.75, 3.05) is 0 Å². The molecule has 0 saturated heterocycles. The Morgan fingerprint density at radius 1 is 1.18 bits per heavy atom. The Bertz CT molecular complexity index is 623. The second-order valence-corrected chi connectivity index (χ2v) is 5.94. The van der Waals surface area contributed by atoms with Crippen LogP contribution in [-0.4, -0.2) is 5.78 Å². The van der Waals surface area contributed by atoms with E-state index in [4.69, 9.17) is 0 Å². The molecule has 0 bridgehead atoms. The summed E-state index contributed by atoms with van der Waals surface area (Å²) in [6, 6.07) is 9.86. The molecule has 17 heavy (non-hydrogen) atoms. The van der Waals surface area contributed by atoms with Crippen LogP contribution in [0, 0.1) is 6.92 Å². The van der Waals surface area contributed by atoms with Gasteiger partial charge in [0.2, 0.25) is 5.78 Å². The predicted molar refractivity (Wildman–Crippen MR) is 73.7 cm³/mol. The summed E-state index contributed by atoms with van der Waals surface area (Å²) in [7, 11) is 0. The highest BCUT2D eigenvalue weighted by atomic mass is 32.2. The van der Waals surface area contributed by atoms with Gasteiger partial charge in [0.05, 0.1) is 4.91 Å². The van der Waals surface area contributed by atoms with E-state index in [1.54, 1.807) is 23.1 Å². The molecule has 2 heterocycles. The smallest absolute Gasteiger partial charge is 0.200 e. The van der Waals surface area contributed by atoms with Crippen LogP contribution in [0.5, 0.6) is 0 Å². The third-order valence-corrected chi connectivity index (χ3v) is 4.80. The molecule has 0 N–H and O–H groups in total. The highest BCUT2D eigenvalue weighted by molar-refractivity contribution is 8.04. The second kappa shape index (κ2) is 4.17. The number of hydrogen-bond donors (Lipinski definition) is 0. The maximum absolute atomic E-state index is 12.1. The summed E-state index contributed by atoms with van der Waals surface area (Å²) >= 11 is 3.24. The average molecular weight is 258 g/mol. The molecule has 84 valence electrons. The largest absolute Gasteiger partial charge is 0.288 e. The molecule has 0 fully saturated rings. The van der Waals surface area contributed by atoms with Crippen molar-refractivity contribution in [3.05, 3.63) is 56.6 Å². The van der Waals surface area contributed by atoms with Crippen LogP contribution in [-0.2, 0) is 0 Å². The van der Waals surface area contributed by atoms with Gasteiger partial charge in [0.25, 0.3) is 0 Å². The van der Waals surface area contributed by atoms with Crippen molar-refractivity contribution in [2.45, 2.75) is 11.8 Å². The average Bonchev–Trinajstić information content (AvgIpc) is 2.87. The second-order valence-electron chi connectivity index (χ2n) is 3.90. The number of allylic oxidation sites excluding steroid dienone is 1. The third kappa shape index (κ3) is 1.85. The van der Waals surface area contributed by atoms with Crippen molar-refractivity contribution in [3.8, 4) is 0 Å². The molecule has 0 radical (unpaired) electrons. The van der Waals surface area contributed by atoms with Crippen molar-refractivity contribution in [1.29, 1.82) is 0 Å². The van der Waals surface area contributed by atoms with Crippen LogP contribution in [0.3, 0.4) is 0 Å². The minimum Gasteiger partial charge on any atom is -0.288 e. The number of fused-ring (bicyclic) bond motifs is 1. The molecule has 1 aliphatic rings. The van der Waals surface area contributed by atoms with Crippen molar-refractivity contribution in [1.82, 2.24) is 0 Å². The first-order valence-corrected chi connectivity index (χ1v) is 7.03. The summed E-state index contributed by atoms with van der Waals surface area (Å²) in [4.78, 5) is 15.2. The lowest BCUT2D eigenvalue weighted by molar-refractivity contribution is 0.104. The lowest BCUT2D eigenvalue weighted by Crippen LogP contribution is -1.93. The van der Waals surface area contributed by atoms with Crippen LogP contribution in [0.15, 0.2) is 45.5 Å². The highest BCUT2D eigenvalue weighted by Gasteiger charge is 2.25. The molecule has 0 aliphatic carbocycles. The number of thioether (sulfide) groups is 1. The van der Waals surface area contributed by atoms with Gasteiger partial charge in [-0.05, 0) is 42.1 Å². The van der Waals surface area contributed by atoms with Crippen molar-refractivity contribution >= 4 is 35.0 Å². The molecule has 1 aromatic heterocycles. The van der Waals surface area contributed by atoms with E-state index in [0.29, 0.717) is 0 Å². The van der Waals surface area contributed by atoms with E-state index < -0.39 is 0 Å². The van der Waals surface area contributed by atoms with Gasteiger partial charge in [-0.1, -0.05) is 23.9 Å². The van der Waals surface area contributed by atoms with Gasteiger partial charge in [-0.3, -0.25) is 4.79 Å². The molecule has 3 heteroatoms. The van der Waals surface area contributed by atoms with Crippen molar-refractivity contribution < 1.29 is 4.79 Å². The van der Waals surface area contributed by atoms with E-state index in [9.17, 15) is 4.79 Å². The SMILES string of the molecule is Cc1ccsc1/C=C1\Sc2ccccc2C1=O. The zero-order valence-electron chi connectivity index (χ0n) is 9.27. The monoisotopic (exact) mass is 258 g/mol. The molecule has 2 aromatic rings. The Morgan fingerprint density at radius 3 is 2.71 bits per heavy atom. The molecule has 0 atom stereocenters. The molecule has 0 spiro atoms. The van der Waals surface area contributed by atoms with E-state index in [2.05, 4.69) is 18.4 Å². The number of hydrogen-bond acceptors (Lipinski definition) is 3. The van der Waals surface area contributed by atoms with Gasteiger partial charge in [0, 0.05) is 15.3 Å². The minimum atomic E-state index is 0.151. The van der Waals surface area contributed by atoms with Crippen LogP contribution in [0.2, 0.25) is 0 Å². The van der Waals surface area contributed by atoms with E-state index in [1.165, 1.54) is 10.4 Å². The number of Topliss-reactive ketones (excluding diaryl/α,β-unsaturated/α-hetero) is 1. The van der Waals surface area contributed by atoms with E-state index in [0.717, 1.165) is 15.4 Å². The van der Waals surface area contributed by atoms with Gasteiger partial charge in [-0.15, -0.1) is 11.3 Å². The van der Waals surface area contributed by atoms with Gasteiger partial charge in [-0.25, -0.2) is 0 Å². The maximum atomic E-state index is 12.1. The Hall–Kier alpha value is -1.32. The van der Waals surface area contributed by atoms with Crippen molar-refractivity contribution in [2.24, 2.45) is 0 Å². The molecule has 3 rings (SSSR count). The molecular formula is C14H10OS2. The van der Waals surface area contributed by atoms with Crippen LogP contribution in [0.25, 0.3) is 6.08 Å². The Kier molecular flexibility index (Phi) is 2.65. The standard InChI is InChI=1S/C14H10OS2/c1-9-6-7-16-12(9)8-13-14(15)10-4-2-3-5-11(10)17-13/h2-8H,1H3/b13-8-. The van der Waals surface area contributed by atoms with Crippen LogP contribution >= 0.6 is 23.1 Å². The fraction of sp³-hybridized carbons (Fsp3) is 0.0714. The molecular weight excluding hydrogens is 248 g/mol. The molecule has 0 amide bonds. The topological polar surface area (TPSA) is 17.1 Å². The lowest BCUT2D eigenvalue weighted by atomic mass is 10.1. The maximum Gasteiger partial charge on any atom is 0.200 e. The molecule has 0 saturated carbocycles. The predicted octanol–water partition coefficient (Wildman–Crippen LogP) is 4.39. The zero-order valence-corrected chi connectivity index (χ0v) is 10.9. The first-order valence-electron chi connectivity index (χ1n) is 5.33. The van der Waals surface area contributed by atoms with E-state index in [1.807, 2.05) is 30.3 Å². The van der Waals surface area contributed by atoms with Crippen molar-refractivity contribution in [3.63, 3.8) is 0 Å². The minimum absolute atomic E-state index is 0.151. The van der Waals surface area contributed by atoms with Gasteiger partial charge >= 0.3 is 0 Å². The first-order chi connectivity index (χ1) is 8.25. The quantitative estimate of drug-likeness (QED) is 0.706. The Morgan fingerprint density at radius 2 is 2.00 bits per heavy atom. The number of rotatable bonds is 1. The number of ketones is 1. The van der Waals surface area contributed by atoms with Crippen LogP contribution in [0.4, 0.5) is 0 Å². The summed E-state index contributed by atoms with van der Waals surface area (Å²) in [5, 5.41) is 2.05. The van der Waals surface area contributed by atoms with Crippen LogP contribution in [0.1, 0.15) is 20.8 Å². The number of aryl methyl sites for hydroxylation is 1. The Balaban J connectivity index is 2.02. The fourth-order valence-corrected chi connectivity index (χ4v) is 3.75. The number of carbonyl (C=O) groups excluding carboxylic acids is 1. The summed E-state index contributed by atoms with van der Waals surface area (Å²) in [5.74, 6) is 0.151. The Labute approximate surface area is 108 Å². The zero-order chi connectivity index (χ0) is 11.8. The molecule has 1 aliphatic heterocycles. The normalized spacial score (nSPS) is 16.5. The van der Waals surface area contributed by atoms with E-state index >= 15 is 0 Å². The van der Waals surface area contributed by atoms with Gasteiger partial charge in [0.15, 0.2) is 0 Å². The van der Waals surface area contributed by atoms with Crippen LogP contribution < -0.4 is 0 Å². The highest BCUT2D eigenvalue weighted by Crippen LogP contribution is 2.41. The number of thiophene rings is 1. The number of benzene rings is 1.